The van der Waals surface area contributed by atoms with Gasteiger partial charge in [-0.05, 0) is 37.4 Å². The van der Waals surface area contributed by atoms with Gasteiger partial charge in [0.1, 0.15) is 0 Å². The SMILES string of the molecule is CNC(C)Cc1csc(Cl)c1. The molecule has 0 aliphatic heterocycles. The molecule has 1 heterocycles. The molecule has 1 aromatic heterocycles. The summed E-state index contributed by atoms with van der Waals surface area (Å²) in [6, 6.07) is 2.56. The van der Waals surface area contributed by atoms with Crippen LogP contribution < -0.4 is 5.32 Å². The minimum atomic E-state index is 0.528. The zero-order valence-electron chi connectivity index (χ0n) is 6.73. The van der Waals surface area contributed by atoms with E-state index in [0.29, 0.717) is 6.04 Å². The van der Waals surface area contributed by atoms with Crippen molar-refractivity contribution in [2.45, 2.75) is 19.4 Å². The highest BCUT2D eigenvalue weighted by atomic mass is 35.5. The highest BCUT2D eigenvalue weighted by Crippen LogP contribution is 2.20. The van der Waals surface area contributed by atoms with Crippen LogP contribution in [-0.4, -0.2) is 13.1 Å². The number of likely N-dealkylation sites (N-methyl/N-ethyl adjacent to an activating group) is 1. The number of hydrogen-bond acceptors (Lipinski definition) is 2. The molecule has 0 saturated heterocycles. The third-order valence-corrected chi connectivity index (χ3v) is 2.80. The fraction of sp³-hybridized carbons (Fsp3) is 0.500. The summed E-state index contributed by atoms with van der Waals surface area (Å²) in [7, 11) is 1.97. The molecule has 1 rings (SSSR count). The molecular formula is C8H12ClNS. The Hall–Kier alpha value is -0.0500. The van der Waals surface area contributed by atoms with Gasteiger partial charge in [0, 0.05) is 6.04 Å². The van der Waals surface area contributed by atoms with Gasteiger partial charge in [-0.3, -0.25) is 0 Å². The topological polar surface area (TPSA) is 12.0 Å². The zero-order chi connectivity index (χ0) is 8.27. The van der Waals surface area contributed by atoms with Crippen LogP contribution in [0, 0.1) is 0 Å². The number of hydrogen-bond donors (Lipinski definition) is 1. The Morgan fingerprint density at radius 2 is 2.45 bits per heavy atom. The number of nitrogens with one attached hydrogen (secondary N) is 1. The summed E-state index contributed by atoms with van der Waals surface area (Å²) < 4.78 is 0.878. The summed E-state index contributed by atoms with van der Waals surface area (Å²) in [5.74, 6) is 0. The van der Waals surface area contributed by atoms with Gasteiger partial charge in [-0.15, -0.1) is 11.3 Å². The normalized spacial score (nSPS) is 13.4. The van der Waals surface area contributed by atoms with Crippen molar-refractivity contribution in [1.29, 1.82) is 0 Å². The predicted octanol–water partition coefficient (Wildman–Crippen LogP) is 2.55. The molecule has 0 aliphatic rings. The molecular weight excluding hydrogens is 178 g/mol. The molecule has 0 saturated carbocycles. The average molecular weight is 190 g/mol. The number of thiophene rings is 1. The fourth-order valence-corrected chi connectivity index (χ4v) is 1.83. The monoisotopic (exact) mass is 189 g/mol. The van der Waals surface area contributed by atoms with Gasteiger partial charge in [0.15, 0.2) is 0 Å². The lowest BCUT2D eigenvalue weighted by molar-refractivity contribution is 0.609. The number of rotatable bonds is 3. The Balaban J connectivity index is 2.50. The molecule has 0 aliphatic carbocycles. The molecule has 0 amide bonds. The summed E-state index contributed by atoms with van der Waals surface area (Å²) in [4.78, 5) is 0. The molecule has 1 N–H and O–H groups in total. The second-order valence-electron chi connectivity index (χ2n) is 2.65. The quantitative estimate of drug-likeness (QED) is 0.771. The maximum absolute atomic E-state index is 5.79. The van der Waals surface area contributed by atoms with E-state index in [0.717, 1.165) is 10.8 Å². The Labute approximate surface area is 76.4 Å². The highest BCUT2D eigenvalue weighted by Gasteiger charge is 2.01. The van der Waals surface area contributed by atoms with Gasteiger partial charge < -0.3 is 5.32 Å². The minimum Gasteiger partial charge on any atom is -0.317 e. The van der Waals surface area contributed by atoms with E-state index in [2.05, 4.69) is 17.6 Å². The van der Waals surface area contributed by atoms with Gasteiger partial charge in [0.25, 0.3) is 0 Å². The molecule has 0 fully saturated rings. The predicted molar refractivity (Wildman–Crippen MR) is 51.6 cm³/mol. The summed E-state index contributed by atoms with van der Waals surface area (Å²) in [6.45, 7) is 2.16. The molecule has 0 aromatic carbocycles. The van der Waals surface area contributed by atoms with E-state index >= 15 is 0 Å². The molecule has 11 heavy (non-hydrogen) atoms. The van der Waals surface area contributed by atoms with Gasteiger partial charge in [0.05, 0.1) is 4.34 Å². The molecule has 1 unspecified atom stereocenters. The maximum atomic E-state index is 5.79. The second kappa shape index (κ2) is 4.10. The van der Waals surface area contributed by atoms with Crippen LogP contribution in [0.3, 0.4) is 0 Å². The van der Waals surface area contributed by atoms with Crippen LogP contribution in [0.1, 0.15) is 12.5 Å². The lowest BCUT2D eigenvalue weighted by atomic mass is 10.1. The Morgan fingerprint density at radius 3 is 2.91 bits per heavy atom. The van der Waals surface area contributed by atoms with Gasteiger partial charge in [-0.2, -0.15) is 0 Å². The lowest BCUT2D eigenvalue weighted by Crippen LogP contribution is -2.23. The van der Waals surface area contributed by atoms with Crippen molar-refractivity contribution in [1.82, 2.24) is 5.32 Å². The lowest BCUT2D eigenvalue weighted by Gasteiger charge is -2.06. The Kier molecular flexibility index (Phi) is 3.37. The third-order valence-electron chi connectivity index (χ3n) is 1.66. The third kappa shape index (κ3) is 2.81. The summed E-state index contributed by atoms with van der Waals surface area (Å²) in [5.41, 5.74) is 1.32. The second-order valence-corrected chi connectivity index (χ2v) is 4.20. The van der Waals surface area contributed by atoms with E-state index in [9.17, 15) is 0 Å². The van der Waals surface area contributed by atoms with E-state index in [1.807, 2.05) is 13.1 Å². The molecule has 0 radical (unpaired) electrons. The first-order valence-electron chi connectivity index (χ1n) is 3.62. The Bertz CT molecular complexity index is 222. The van der Waals surface area contributed by atoms with Crippen LogP contribution in [0.4, 0.5) is 0 Å². The van der Waals surface area contributed by atoms with Crippen molar-refractivity contribution in [3.05, 3.63) is 21.3 Å². The van der Waals surface area contributed by atoms with Crippen molar-refractivity contribution < 1.29 is 0 Å². The average Bonchev–Trinajstić information content (AvgIpc) is 2.35. The summed E-state index contributed by atoms with van der Waals surface area (Å²) in [6.07, 6.45) is 1.06. The van der Waals surface area contributed by atoms with E-state index < -0.39 is 0 Å². The van der Waals surface area contributed by atoms with Crippen LogP contribution in [0.5, 0.6) is 0 Å². The molecule has 1 atom stereocenters. The van der Waals surface area contributed by atoms with Gasteiger partial charge in [-0.25, -0.2) is 0 Å². The first-order chi connectivity index (χ1) is 5.22. The van der Waals surface area contributed by atoms with Crippen LogP contribution >= 0.6 is 22.9 Å². The van der Waals surface area contributed by atoms with E-state index in [1.54, 1.807) is 11.3 Å². The van der Waals surface area contributed by atoms with Gasteiger partial charge in [-0.1, -0.05) is 11.6 Å². The zero-order valence-corrected chi connectivity index (χ0v) is 8.30. The van der Waals surface area contributed by atoms with Crippen molar-refractivity contribution in [2.24, 2.45) is 0 Å². The smallest absolute Gasteiger partial charge is 0.0931 e. The minimum absolute atomic E-state index is 0.528. The molecule has 0 bridgehead atoms. The van der Waals surface area contributed by atoms with E-state index in [-0.39, 0.29) is 0 Å². The van der Waals surface area contributed by atoms with Crippen molar-refractivity contribution in [2.75, 3.05) is 7.05 Å². The van der Waals surface area contributed by atoms with Crippen LogP contribution in [-0.2, 0) is 6.42 Å². The largest absolute Gasteiger partial charge is 0.317 e. The molecule has 0 spiro atoms. The maximum Gasteiger partial charge on any atom is 0.0931 e. The summed E-state index contributed by atoms with van der Waals surface area (Å²) >= 11 is 7.38. The van der Waals surface area contributed by atoms with E-state index in [4.69, 9.17) is 11.6 Å². The van der Waals surface area contributed by atoms with Crippen molar-refractivity contribution in [3.63, 3.8) is 0 Å². The molecule has 1 aromatic rings. The summed E-state index contributed by atoms with van der Waals surface area (Å²) in [5, 5.41) is 5.29. The Morgan fingerprint density at radius 1 is 1.73 bits per heavy atom. The van der Waals surface area contributed by atoms with Crippen LogP contribution in [0.2, 0.25) is 4.34 Å². The van der Waals surface area contributed by atoms with Crippen LogP contribution in [0.15, 0.2) is 11.4 Å². The molecule has 3 heteroatoms. The molecule has 62 valence electrons. The van der Waals surface area contributed by atoms with Crippen molar-refractivity contribution in [3.8, 4) is 0 Å². The van der Waals surface area contributed by atoms with Gasteiger partial charge >= 0.3 is 0 Å². The highest BCUT2D eigenvalue weighted by molar-refractivity contribution is 7.14. The first-order valence-corrected chi connectivity index (χ1v) is 4.88. The van der Waals surface area contributed by atoms with Crippen LogP contribution in [0.25, 0.3) is 0 Å². The number of halogens is 1. The van der Waals surface area contributed by atoms with Crippen molar-refractivity contribution >= 4 is 22.9 Å². The van der Waals surface area contributed by atoms with Gasteiger partial charge in [0.2, 0.25) is 0 Å². The molecule has 1 nitrogen and oxygen atoms in total. The fourth-order valence-electron chi connectivity index (χ4n) is 0.908. The van der Waals surface area contributed by atoms with E-state index in [1.165, 1.54) is 5.56 Å². The first kappa shape index (κ1) is 9.04. The standard InChI is InChI=1S/C8H12ClNS/c1-6(10-2)3-7-4-8(9)11-5-7/h4-6,10H,3H2,1-2H3.